The van der Waals surface area contributed by atoms with Gasteiger partial charge in [-0.3, -0.25) is 0 Å². The summed E-state index contributed by atoms with van der Waals surface area (Å²) in [5, 5.41) is 8.34. The Morgan fingerprint density at radius 2 is 2.05 bits per heavy atom. The van der Waals surface area contributed by atoms with Crippen LogP contribution >= 0.6 is 11.5 Å². The molecule has 1 heterocycles. The summed E-state index contributed by atoms with van der Waals surface area (Å²) in [7, 11) is 1.63. The summed E-state index contributed by atoms with van der Waals surface area (Å²) < 4.78 is 14.9. The predicted octanol–water partition coefficient (Wildman–Crippen LogP) is 2.95. The summed E-state index contributed by atoms with van der Waals surface area (Å²) in [4.78, 5) is 0. The second-order valence-corrected chi connectivity index (χ2v) is 4.67. The molecule has 1 aromatic heterocycles. The highest BCUT2D eigenvalue weighted by molar-refractivity contribution is 7.10. The van der Waals surface area contributed by atoms with E-state index in [4.69, 9.17) is 9.47 Å². The zero-order chi connectivity index (χ0) is 13.5. The van der Waals surface area contributed by atoms with Crippen LogP contribution in [0.2, 0.25) is 0 Å². The number of hydrogen-bond donors (Lipinski definition) is 1. The molecule has 5 nitrogen and oxygen atoms in total. The molecule has 0 unspecified atom stereocenters. The lowest BCUT2D eigenvalue weighted by atomic mass is 10.3. The van der Waals surface area contributed by atoms with Crippen molar-refractivity contribution in [2.24, 2.45) is 0 Å². The van der Waals surface area contributed by atoms with Crippen molar-refractivity contribution in [1.82, 2.24) is 9.59 Å². The van der Waals surface area contributed by atoms with Crippen molar-refractivity contribution >= 4 is 16.5 Å². The molecule has 0 aliphatic heterocycles. The van der Waals surface area contributed by atoms with Crippen LogP contribution in [0.5, 0.6) is 11.5 Å². The van der Waals surface area contributed by atoms with Gasteiger partial charge in [0.05, 0.1) is 7.11 Å². The van der Waals surface area contributed by atoms with Gasteiger partial charge in [-0.25, -0.2) is 0 Å². The van der Waals surface area contributed by atoms with Gasteiger partial charge in [0.25, 0.3) is 0 Å². The number of aromatic nitrogens is 2. The largest absolute Gasteiger partial charge is 0.493 e. The number of nitrogens with zero attached hydrogens (tertiary/aromatic N) is 2. The van der Waals surface area contributed by atoms with Crippen molar-refractivity contribution in [1.29, 1.82) is 0 Å². The average Bonchev–Trinajstić information content (AvgIpc) is 2.90. The molecule has 0 amide bonds. The topological polar surface area (TPSA) is 56.3 Å². The van der Waals surface area contributed by atoms with Crippen LogP contribution in [0, 0.1) is 0 Å². The van der Waals surface area contributed by atoms with Crippen LogP contribution in [0.15, 0.2) is 24.3 Å². The lowest BCUT2D eigenvalue weighted by Gasteiger charge is -2.09. The van der Waals surface area contributed by atoms with Crippen LogP contribution in [-0.2, 0) is 6.61 Å². The van der Waals surface area contributed by atoms with E-state index in [9.17, 15) is 0 Å². The number of rotatable bonds is 7. The quantitative estimate of drug-likeness (QED) is 0.844. The summed E-state index contributed by atoms with van der Waals surface area (Å²) >= 11 is 1.35. The summed E-state index contributed by atoms with van der Waals surface area (Å²) in [5.41, 5.74) is 0.823. The first-order chi connectivity index (χ1) is 9.35. The van der Waals surface area contributed by atoms with E-state index < -0.39 is 0 Å². The van der Waals surface area contributed by atoms with Gasteiger partial charge in [-0.1, -0.05) is 23.5 Å². The highest BCUT2D eigenvalue weighted by atomic mass is 32.1. The third-order valence-electron chi connectivity index (χ3n) is 2.52. The number of ether oxygens (including phenoxy) is 2. The minimum Gasteiger partial charge on any atom is -0.493 e. The second kappa shape index (κ2) is 6.94. The summed E-state index contributed by atoms with van der Waals surface area (Å²) in [6.45, 7) is 3.40. The lowest BCUT2D eigenvalue weighted by molar-refractivity contribution is 0.281. The molecule has 0 bridgehead atoms. The Hall–Kier alpha value is -1.82. The van der Waals surface area contributed by atoms with Crippen LogP contribution in [0.1, 0.15) is 19.0 Å². The summed E-state index contributed by atoms with van der Waals surface area (Å²) in [6, 6.07) is 7.56. The molecular formula is C13H17N3O2S. The number of para-hydroxylation sites is 2. The number of hydrogen-bond acceptors (Lipinski definition) is 6. The molecule has 2 aromatic rings. The molecule has 0 fully saturated rings. The molecule has 1 N–H and O–H groups in total. The van der Waals surface area contributed by atoms with Crippen molar-refractivity contribution in [2.75, 3.05) is 19.0 Å². The van der Waals surface area contributed by atoms with Gasteiger partial charge in [0.1, 0.15) is 17.3 Å². The molecule has 0 aliphatic carbocycles. The lowest BCUT2D eigenvalue weighted by Crippen LogP contribution is -2.04. The van der Waals surface area contributed by atoms with Gasteiger partial charge in [-0.05, 0) is 18.6 Å². The highest BCUT2D eigenvalue weighted by Crippen LogP contribution is 2.27. The molecule has 0 aliphatic rings. The summed E-state index contributed by atoms with van der Waals surface area (Å²) in [6.07, 6.45) is 1.06. The molecule has 0 spiro atoms. The maximum atomic E-state index is 5.73. The van der Waals surface area contributed by atoms with Crippen molar-refractivity contribution in [3.63, 3.8) is 0 Å². The Balaban J connectivity index is 2.00. The van der Waals surface area contributed by atoms with Gasteiger partial charge in [0.15, 0.2) is 11.5 Å². The number of methoxy groups -OCH3 is 1. The third-order valence-corrected chi connectivity index (χ3v) is 3.25. The van der Waals surface area contributed by atoms with Crippen LogP contribution in [-0.4, -0.2) is 23.2 Å². The highest BCUT2D eigenvalue weighted by Gasteiger charge is 2.09. The number of anilines is 1. The Labute approximate surface area is 116 Å². The van der Waals surface area contributed by atoms with Gasteiger partial charge in [-0.15, -0.1) is 5.10 Å². The third kappa shape index (κ3) is 3.57. The van der Waals surface area contributed by atoms with E-state index in [0.717, 1.165) is 23.7 Å². The standard InChI is InChI=1S/C13H17N3O2S/c1-3-8-14-13-10(15-16-19-13)9-18-12-7-5-4-6-11(12)17-2/h4-7,14H,3,8-9H2,1-2H3. The normalized spacial score (nSPS) is 10.2. The van der Waals surface area contributed by atoms with Crippen LogP contribution in [0.4, 0.5) is 5.00 Å². The maximum Gasteiger partial charge on any atom is 0.161 e. The molecule has 2 rings (SSSR count). The first-order valence-corrected chi connectivity index (χ1v) is 6.93. The van der Waals surface area contributed by atoms with Crippen molar-refractivity contribution < 1.29 is 9.47 Å². The van der Waals surface area contributed by atoms with Gasteiger partial charge in [0.2, 0.25) is 0 Å². The van der Waals surface area contributed by atoms with E-state index in [1.54, 1.807) is 7.11 Å². The van der Waals surface area contributed by atoms with E-state index in [-0.39, 0.29) is 0 Å². The van der Waals surface area contributed by atoms with Gasteiger partial charge < -0.3 is 14.8 Å². The van der Waals surface area contributed by atoms with E-state index in [0.29, 0.717) is 18.1 Å². The fourth-order valence-corrected chi connectivity index (χ4v) is 2.15. The minimum atomic E-state index is 0.378. The first kappa shape index (κ1) is 13.6. The van der Waals surface area contributed by atoms with E-state index in [2.05, 4.69) is 21.8 Å². The number of nitrogens with one attached hydrogen (secondary N) is 1. The van der Waals surface area contributed by atoms with Gasteiger partial charge in [-0.2, -0.15) is 0 Å². The minimum absolute atomic E-state index is 0.378. The van der Waals surface area contributed by atoms with Crippen molar-refractivity contribution in [2.45, 2.75) is 20.0 Å². The Morgan fingerprint density at radius 1 is 1.26 bits per heavy atom. The SMILES string of the molecule is CCCNc1snnc1COc1ccccc1OC. The Bertz CT molecular complexity index is 516. The predicted molar refractivity (Wildman–Crippen MR) is 76.0 cm³/mol. The molecule has 6 heteroatoms. The average molecular weight is 279 g/mol. The van der Waals surface area contributed by atoms with Crippen molar-refractivity contribution in [3.8, 4) is 11.5 Å². The Kier molecular flexibility index (Phi) is 4.97. The van der Waals surface area contributed by atoms with Crippen LogP contribution in [0.25, 0.3) is 0 Å². The molecule has 1 aromatic carbocycles. The maximum absolute atomic E-state index is 5.73. The Morgan fingerprint density at radius 3 is 2.79 bits per heavy atom. The molecule has 0 radical (unpaired) electrons. The monoisotopic (exact) mass is 279 g/mol. The van der Waals surface area contributed by atoms with E-state index >= 15 is 0 Å². The molecule has 0 saturated carbocycles. The molecule has 19 heavy (non-hydrogen) atoms. The van der Waals surface area contributed by atoms with E-state index in [1.165, 1.54) is 11.5 Å². The van der Waals surface area contributed by atoms with Gasteiger partial charge in [0, 0.05) is 18.1 Å². The van der Waals surface area contributed by atoms with Crippen LogP contribution < -0.4 is 14.8 Å². The molecule has 0 atom stereocenters. The van der Waals surface area contributed by atoms with Crippen molar-refractivity contribution in [3.05, 3.63) is 30.0 Å². The molecule has 102 valence electrons. The zero-order valence-corrected chi connectivity index (χ0v) is 11.9. The first-order valence-electron chi connectivity index (χ1n) is 6.16. The smallest absolute Gasteiger partial charge is 0.161 e. The molecular weight excluding hydrogens is 262 g/mol. The number of benzene rings is 1. The van der Waals surface area contributed by atoms with E-state index in [1.807, 2.05) is 24.3 Å². The zero-order valence-electron chi connectivity index (χ0n) is 11.0. The fourth-order valence-electron chi connectivity index (χ4n) is 1.56. The summed E-state index contributed by atoms with van der Waals surface area (Å²) in [5.74, 6) is 1.42. The fraction of sp³-hybridized carbons (Fsp3) is 0.385. The van der Waals surface area contributed by atoms with Crippen LogP contribution in [0.3, 0.4) is 0 Å². The second-order valence-electron chi connectivity index (χ2n) is 3.92. The molecule has 0 saturated heterocycles. The van der Waals surface area contributed by atoms with Gasteiger partial charge >= 0.3 is 0 Å².